The van der Waals surface area contributed by atoms with Crippen molar-refractivity contribution in [1.29, 1.82) is 0 Å². The van der Waals surface area contributed by atoms with Crippen LogP contribution in [0.5, 0.6) is 0 Å². The van der Waals surface area contributed by atoms with Gasteiger partial charge < -0.3 is 4.74 Å². The molecule has 0 aliphatic rings. The largest absolute Gasteiger partial charge is 0.462 e. The van der Waals surface area contributed by atoms with Crippen molar-refractivity contribution in [2.45, 2.75) is 26.8 Å². The first-order valence-electron chi connectivity index (χ1n) is 5.03. The van der Waals surface area contributed by atoms with Crippen LogP contribution in [0.4, 0.5) is 0 Å². The molecule has 0 spiro atoms. The Hall–Kier alpha value is -1.58. The topological polar surface area (TPSA) is 44.1 Å². The summed E-state index contributed by atoms with van der Waals surface area (Å²) in [5.41, 5.74) is 1.56. The average Bonchev–Trinajstić information content (AvgIpc) is 2.66. The van der Waals surface area contributed by atoms with Gasteiger partial charge in [0, 0.05) is 6.20 Å². The van der Waals surface area contributed by atoms with Crippen molar-refractivity contribution in [3.05, 3.63) is 30.1 Å². The zero-order chi connectivity index (χ0) is 11.3. The predicted molar refractivity (Wildman–Crippen MR) is 57.6 cm³/mol. The minimum atomic E-state index is -0.328. The van der Waals surface area contributed by atoms with Crippen molar-refractivity contribution in [1.82, 2.24) is 9.78 Å². The van der Waals surface area contributed by atoms with Crippen LogP contribution in [0.3, 0.4) is 0 Å². The molecule has 0 fully saturated rings. The Morgan fingerprint density at radius 3 is 2.93 bits per heavy atom. The summed E-state index contributed by atoms with van der Waals surface area (Å²) in [6.07, 6.45) is 4.11. The number of allylic oxidation sites excluding steroid dienone is 1. The van der Waals surface area contributed by atoms with Gasteiger partial charge in [0.05, 0.1) is 24.9 Å². The van der Waals surface area contributed by atoms with Crippen LogP contribution in [0.25, 0.3) is 0 Å². The van der Waals surface area contributed by atoms with E-state index >= 15 is 0 Å². The number of esters is 1. The third kappa shape index (κ3) is 3.23. The Labute approximate surface area is 89.5 Å². The van der Waals surface area contributed by atoms with E-state index in [2.05, 4.69) is 11.7 Å². The summed E-state index contributed by atoms with van der Waals surface area (Å²) in [4.78, 5) is 11.3. The third-order valence-corrected chi connectivity index (χ3v) is 2.03. The molecule has 0 saturated heterocycles. The highest BCUT2D eigenvalue weighted by molar-refractivity contribution is 5.88. The van der Waals surface area contributed by atoms with Crippen LogP contribution < -0.4 is 0 Å². The van der Waals surface area contributed by atoms with E-state index in [0.717, 1.165) is 12.0 Å². The smallest absolute Gasteiger partial charge is 0.341 e. The van der Waals surface area contributed by atoms with Crippen LogP contribution in [-0.4, -0.2) is 22.4 Å². The molecule has 1 heterocycles. The minimum absolute atomic E-state index is 0.328. The molecule has 0 aliphatic carbocycles. The first-order valence-corrected chi connectivity index (χ1v) is 5.03. The van der Waals surface area contributed by atoms with E-state index in [-0.39, 0.29) is 5.97 Å². The highest BCUT2D eigenvalue weighted by Crippen LogP contribution is 2.04. The van der Waals surface area contributed by atoms with Gasteiger partial charge in [-0.05, 0) is 13.3 Å². The molecule has 0 amide bonds. The van der Waals surface area contributed by atoms with Crippen molar-refractivity contribution < 1.29 is 9.53 Å². The molecule has 1 aromatic rings. The van der Waals surface area contributed by atoms with Crippen LogP contribution in [0, 0.1) is 0 Å². The van der Waals surface area contributed by atoms with Gasteiger partial charge in [-0.25, -0.2) is 4.79 Å². The third-order valence-electron chi connectivity index (χ3n) is 2.03. The van der Waals surface area contributed by atoms with Crippen LogP contribution in [0.15, 0.2) is 24.5 Å². The second-order valence-corrected chi connectivity index (χ2v) is 3.25. The molecule has 0 unspecified atom stereocenters. The van der Waals surface area contributed by atoms with Gasteiger partial charge in [0.25, 0.3) is 0 Å². The van der Waals surface area contributed by atoms with E-state index in [9.17, 15) is 4.79 Å². The minimum Gasteiger partial charge on any atom is -0.462 e. The molecule has 0 N–H and O–H groups in total. The number of carbonyl (C=O) groups is 1. The Balaban J connectivity index is 2.63. The SMILES string of the molecule is C=C(CC)Cn1cc(C(=O)OCC)cn1. The standard InChI is InChI=1S/C11H16N2O2/c1-4-9(3)7-13-8-10(6-12-13)11(14)15-5-2/h6,8H,3-5,7H2,1-2H3. The second kappa shape index (κ2) is 5.34. The fourth-order valence-electron chi connectivity index (χ4n) is 1.11. The molecule has 0 aromatic carbocycles. The Morgan fingerprint density at radius 2 is 2.33 bits per heavy atom. The zero-order valence-electron chi connectivity index (χ0n) is 9.19. The monoisotopic (exact) mass is 208 g/mol. The van der Waals surface area contributed by atoms with E-state index in [4.69, 9.17) is 4.74 Å². The Morgan fingerprint density at radius 1 is 1.60 bits per heavy atom. The number of rotatable bonds is 5. The normalized spacial score (nSPS) is 10.0. The lowest BCUT2D eigenvalue weighted by atomic mass is 10.2. The molecule has 82 valence electrons. The van der Waals surface area contributed by atoms with Crippen LogP contribution in [0.2, 0.25) is 0 Å². The van der Waals surface area contributed by atoms with Gasteiger partial charge in [0.15, 0.2) is 0 Å². The van der Waals surface area contributed by atoms with Gasteiger partial charge in [-0.1, -0.05) is 19.1 Å². The van der Waals surface area contributed by atoms with Gasteiger partial charge in [-0.15, -0.1) is 0 Å². The lowest BCUT2D eigenvalue weighted by Crippen LogP contribution is -2.04. The summed E-state index contributed by atoms with van der Waals surface area (Å²) in [5, 5.41) is 4.06. The van der Waals surface area contributed by atoms with E-state index in [1.165, 1.54) is 6.20 Å². The van der Waals surface area contributed by atoms with E-state index in [0.29, 0.717) is 18.7 Å². The molecule has 0 atom stereocenters. The van der Waals surface area contributed by atoms with Crippen LogP contribution in [-0.2, 0) is 11.3 Å². The summed E-state index contributed by atoms with van der Waals surface area (Å²) < 4.78 is 6.55. The summed E-state index contributed by atoms with van der Waals surface area (Å²) in [6.45, 7) is 8.73. The summed E-state index contributed by atoms with van der Waals surface area (Å²) >= 11 is 0. The highest BCUT2D eigenvalue weighted by atomic mass is 16.5. The molecular formula is C11H16N2O2. The highest BCUT2D eigenvalue weighted by Gasteiger charge is 2.08. The lowest BCUT2D eigenvalue weighted by molar-refractivity contribution is 0.0526. The fourth-order valence-corrected chi connectivity index (χ4v) is 1.11. The van der Waals surface area contributed by atoms with Crippen LogP contribution >= 0.6 is 0 Å². The van der Waals surface area contributed by atoms with Crippen LogP contribution in [0.1, 0.15) is 30.6 Å². The van der Waals surface area contributed by atoms with Gasteiger partial charge in [0.2, 0.25) is 0 Å². The number of hydrogen-bond acceptors (Lipinski definition) is 3. The summed E-state index contributed by atoms with van der Waals surface area (Å²) in [5.74, 6) is -0.328. The number of carbonyl (C=O) groups excluding carboxylic acids is 1. The lowest BCUT2D eigenvalue weighted by Gasteiger charge is -2.01. The van der Waals surface area contributed by atoms with E-state index in [1.807, 2.05) is 6.92 Å². The average molecular weight is 208 g/mol. The van der Waals surface area contributed by atoms with Gasteiger partial charge in [0.1, 0.15) is 0 Å². The van der Waals surface area contributed by atoms with E-state index in [1.54, 1.807) is 17.8 Å². The maximum atomic E-state index is 11.3. The molecule has 0 saturated carbocycles. The summed E-state index contributed by atoms with van der Waals surface area (Å²) in [6, 6.07) is 0. The Bertz CT molecular complexity index is 355. The molecule has 0 aliphatic heterocycles. The fraction of sp³-hybridized carbons (Fsp3) is 0.455. The Kier molecular flexibility index (Phi) is 4.09. The van der Waals surface area contributed by atoms with Gasteiger partial charge >= 0.3 is 5.97 Å². The number of nitrogens with zero attached hydrogens (tertiary/aromatic N) is 2. The molecule has 0 radical (unpaired) electrons. The zero-order valence-corrected chi connectivity index (χ0v) is 9.19. The van der Waals surface area contributed by atoms with Crippen molar-refractivity contribution in [3.63, 3.8) is 0 Å². The molecule has 1 aromatic heterocycles. The molecular weight excluding hydrogens is 192 g/mol. The van der Waals surface area contributed by atoms with Gasteiger partial charge in [-0.2, -0.15) is 5.10 Å². The number of ether oxygens (including phenoxy) is 1. The number of aromatic nitrogens is 2. The quantitative estimate of drug-likeness (QED) is 0.549. The second-order valence-electron chi connectivity index (χ2n) is 3.25. The molecule has 4 nitrogen and oxygen atoms in total. The van der Waals surface area contributed by atoms with Crippen molar-refractivity contribution >= 4 is 5.97 Å². The molecule has 4 heteroatoms. The van der Waals surface area contributed by atoms with Crippen molar-refractivity contribution in [3.8, 4) is 0 Å². The maximum absolute atomic E-state index is 11.3. The number of hydrogen-bond donors (Lipinski definition) is 0. The molecule has 1 rings (SSSR count). The van der Waals surface area contributed by atoms with Crippen molar-refractivity contribution in [2.75, 3.05) is 6.61 Å². The first kappa shape index (κ1) is 11.5. The van der Waals surface area contributed by atoms with Gasteiger partial charge in [-0.3, -0.25) is 4.68 Å². The summed E-state index contributed by atoms with van der Waals surface area (Å²) in [7, 11) is 0. The molecule has 0 bridgehead atoms. The first-order chi connectivity index (χ1) is 7.17. The molecule has 15 heavy (non-hydrogen) atoms. The van der Waals surface area contributed by atoms with E-state index < -0.39 is 0 Å². The van der Waals surface area contributed by atoms with Crippen molar-refractivity contribution in [2.24, 2.45) is 0 Å². The predicted octanol–water partition coefficient (Wildman–Crippen LogP) is 2.03. The maximum Gasteiger partial charge on any atom is 0.341 e.